The molecule has 0 bridgehead atoms. The first-order chi connectivity index (χ1) is 10.3. The van der Waals surface area contributed by atoms with Crippen molar-refractivity contribution < 1.29 is 9.84 Å². The van der Waals surface area contributed by atoms with Crippen LogP contribution in [-0.4, -0.2) is 43.3 Å². The Morgan fingerprint density at radius 1 is 1.24 bits per heavy atom. The van der Waals surface area contributed by atoms with Gasteiger partial charge in [-0.1, -0.05) is 12.8 Å². The van der Waals surface area contributed by atoms with Gasteiger partial charge in [-0.25, -0.2) is 0 Å². The van der Waals surface area contributed by atoms with Crippen molar-refractivity contribution in [3.8, 4) is 11.5 Å². The highest BCUT2D eigenvalue weighted by molar-refractivity contribution is 5.41. The number of benzene rings is 1. The number of hydrogen-bond donors (Lipinski definition) is 2. The highest BCUT2D eigenvalue weighted by atomic mass is 16.5. The molecular formula is C17H26N2O2. The number of nitrogens with one attached hydrogen (secondary N) is 1. The number of phenolic OH excluding ortho intramolecular Hbond substituents is 1. The predicted molar refractivity (Wildman–Crippen MR) is 83.8 cm³/mol. The van der Waals surface area contributed by atoms with Gasteiger partial charge >= 0.3 is 0 Å². The van der Waals surface area contributed by atoms with E-state index in [4.69, 9.17) is 4.74 Å². The maximum atomic E-state index is 10.4. The van der Waals surface area contributed by atoms with E-state index in [1.54, 1.807) is 13.2 Å². The molecule has 1 saturated heterocycles. The SMILES string of the molecule is COc1ccc(O)c([C@H](C2CCCC2)N2CCNCC2)c1. The van der Waals surface area contributed by atoms with Crippen molar-refractivity contribution >= 4 is 0 Å². The van der Waals surface area contributed by atoms with Gasteiger partial charge in [-0.05, 0) is 37.0 Å². The minimum atomic E-state index is 0.324. The van der Waals surface area contributed by atoms with Crippen LogP contribution < -0.4 is 10.1 Å². The van der Waals surface area contributed by atoms with Gasteiger partial charge in [0.15, 0.2) is 0 Å². The number of rotatable bonds is 4. The molecule has 4 heteroatoms. The molecule has 1 atom stereocenters. The van der Waals surface area contributed by atoms with E-state index in [0.29, 0.717) is 17.7 Å². The molecular weight excluding hydrogens is 264 g/mol. The zero-order valence-corrected chi connectivity index (χ0v) is 12.8. The van der Waals surface area contributed by atoms with Gasteiger partial charge in [0.25, 0.3) is 0 Å². The number of methoxy groups -OCH3 is 1. The van der Waals surface area contributed by atoms with E-state index in [-0.39, 0.29) is 0 Å². The molecule has 0 aromatic heterocycles. The molecule has 4 nitrogen and oxygen atoms in total. The number of hydrogen-bond acceptors (Lipinski definition) is 4. The second-order valence-electron chi connectivity index (χ2n) is 6.20. The molecule has 0 amide bonds. The molecule has 2 fully saturated rings. The van der Waals surface area contributed by atoms with E-state index in [1.165, 1.54) is 25.7 Å². The van der Waals surface area contributed by atoms with Crippen LogP contribution in [0.5, 0.6) is 11.5 Å². The van der Waals surface area contributed by atoms with Gasteiger partial charge in [0.1, 0.15) is 11.5 Å². The first-order valence-corrected chi connectivity index (χ1v) is 8.11. The number of piperazine rings is 1. The lowest BCUT2D eigenvalue weighted by Crippen LogP contribution is -2.46. The topological polar surface area (TPSA) is 44.7 Å². The molecule has 21 heavy (non-hydrogen) atoms. The van der Waals surface area contributed by atoms with Crippen LogP contribution in [-0.2, 0) is 0 Å². The minimum absolute atomic E-state index is 0.324. The van der Waals surface area contributed by atoms with Crippen molar-refractivity contribution in [1.82, 2.24) is 10.2 Å². The molecule has 0 radical (unpaired) electrons. The Morgan fingerprint density at radius 2 is 1.95 bits per heavy atom. The summed E-state index contributed by atoms with van der Waals surface area (Å²) in [6, 6.07) is 5.96. The minimum Gasteiger partial charge on any atom is -0.508 e. The average Bonchev–Trinajstić information content (AvgIpc) is 3.04. The zero-order chi connectivity index (χ0) is 14.7. The summed E-state index contributed by atoms with van der Waals surface area (Å²) < 4.78 is 5.37. The molecule has 1 aromatic rings. The monoisotopic (exact) mass is 290 g/mol. The van der Waals surface area contributed by atoms with Gasteiger partial charge in [0, 0.05) is 37.8 Å². The molecule has 3 rings (SSSR count). The molecule has 1 aliphatic carbocycles. The number of nitrogens with zero attached hydrogens (tertiary/aromatic N) is 1. The summed E-state index contributed by atoms with van der Waals surface area (Å²) in [5.41, 5.74) is 1.04. The Balaban J connectivity index is 1.93. The Bertz CT molecular complexity index is 466. The third-order valence-electron chi connectivity index (χ3n) is 4.94. The average molecular weight is 290 g/mol. The lowest BCUT2D eigenvalue weighted by atomic mass is 9.89. The Morgan fingerprint density at radius 3 is 2.62 bits per heavy atom. The Hall–Kier alpha value is -1.26. The van der Waals surface area contributed by atoms with Gasteiger partial charge in [-0.3, -0.25) is 4.90 Å². The molecule has 1 aliphatic heterocycles. The lowest BCUT2D eigenvalue weighted by molar-refractivity contribution is 0.123. The predicted octanol–water partition coefficient (Wildman–Crippen LogP) is 2.54. The van der Waals surface area contributed by atoms with Gasteiger partial charge in [0.2, 0.25) is 0 Å². The number of aromatic hydroxyl groups is 1. The van der Waals surface area contributed by atoms with Crippen LogP contribution >= 0.6 is 0 Å². The van der Waals surface area contributed by atoms with Crippen molar-refractivity contribution in [1.29, 1.82) is 0 Å². The number of phenols is 1. The smallest absolute Gasteiger partial charge is 0.120 e. The quantitative estimate of drug-likeness (QED) is 0.894. The van der Waals surface area contributed by atoms with Crippen LogP contribution in [0.15, 0.2) is 18.2 Å². The second-order valence-corrected chi connectivity index (χ2v) is 6.20. The highest BCUT2D eigenvalue weighted by Crippen LogP contribution is 2.43. The lowest BCUT2D eigenvalue weighted by Gasteiger charge is -2.39. The molecule has 0 spiro atoms. The summed E-state index contributed by atoms with van der Waals surface area (Å²) in [5, 5.41) is 13.8. The first-order valence-electron chi connectivity index (χ1n) is 8.11. The molecule has 116 valence electrons. The van der Waals surface area contributed by atoms with Gasteiger partial charge in [0.05, 0.1) is 7.11 Å². The summed E-state index contributed by atoms with van der Waals surface area (Å²) >= 11 is 0. The van der Waals surface area contributed by atoms with E-state index in [2.05, 4.69) is 10.2 Å². The molecule has 2 N–H and O–H groups in total. The fourth-order valence-electron chi connectivity index (χ4n) is 3.88. The van der Waals surface area contributed by atoms with Crippen LogP contribution in [0.2, 0.25) is 0 Å². The summed E-state index contributed by atoms with van der Waals surface area (Å²) in [6.07, 6.45) is 5.17. The second kappa shape index (κ2) is 6.67. The fraction of sp³-hybridized carbons (Fsp3) is 0.647. The maximum absolute atomic E-state index is 10.4. The normalized spacial score (nSPS) is 22.3. The van der Waals surface area contributed by atoms with Crippen molar-refractivity contribution in [3.63, 3.8) is 0 Å². The maximum Gasteiger partial charge on any atom is 0.120 e. The highest BCUT2D eigenvalue weighted by Gasteiger charge is 2.33. The first kappa shape index (κ1) is 14.7. The standard InChI is InChI=1S/C17H26N2O2/c1-21-14-6-7-16(20)15(12-14)17(13-4-2-3-5-13)19-10-8-18-9-11-19/h6-7,12-13,17-18,20H,2-5,8-11H2,1H3/t17-/m0/s1. The van der Waals surface area contributed by atoms with E-state index < -0.39 is 0 Å². The van der Waals surface area contributed by atoms with Crippen molar-refractivity contribution in [2.75, 3.05) is 33.3 Å². The molecule has 1 heterocycles. The molecule has 2 aliphatic rings. The van der Waals surface area contributed by atoms with E-state index in [1.807, 2.05) is 12.1 Å². The van der Waals surface area contributed by atoms with Crippen LogP contribution in [0.1, 0.15) is 37.3 Å². The van der Waals surface area contributed by atoms with Crippen molar-refractivity contribution in [2.45, 2.75) is 31.7 Å². The van der Waals surface area contributed by atoms with Crippen LogP contribution in [0, 0.1) is 5.92 Å². The van der Waals surface area contributed by atoms with Gasteiger partial charge in [-0.2, -0.15) is 0 Å². The van der Waals surface area contributed by atoms with Crippen molar-refractivity contribution in [3.05, 3.63) is 23.8 Å². The fourth-order valence-corrected chi connectivity index (χ4v) is 3.88. The summed E-state index contributed by atoms with van der Waals surface area (Å²) in [6.45, 7) is 4.18. The Labute approximate surface area is 127 Å². The van der Waals surface area contributed by atoms with Crippen LogP contribution in [0.25, 0.3) is 0 Å². The van der Waals surface area contributed by atoms with Crippen molar-refractivity contribution in [2.24, 2.45) is 5.92 Å². The third kappa shape index (κ3) is 3.16. The van der Waals surface area contributed by atoms with Gasteiger partial charge < -0.3 is 15.2 Å². The van der Waals surface area contributed by atoms with Crippen LogP contribution in [0.4, 0.5) is 0 Å². The van der Waals surface area contributed by atoms with E-state index in [0.717, 1.165) is 37.5 Å². The molecule has 0 unspecified atom stereocenters. The summed E-state index contributed by atoms with van der Waals surface area (Å²) in [4.78, 5) is 2.54. The zero-order valence-electron chi connectivity index (χ0n) is 12.8. The largest absolute Gasteiger partial charge is 0.508 e. The third-order valence-corrected chi connectivity index (χ3v) is 4.94. The van der Waals surface area contributed by atoms with Crippen LogP contribution in [0.3, 0.4) is 0 Å². The van der Waals surface area contributed by atoms with E-state index in [9.17, 15) is 5.11 Å². The summed E-state index contributed by atoms with van der Waals surface area (Å²) in [7, 11) is 1.69. The van der Waals surface area contributed by atoms with Gasteiger partial charge in [-0.15, -0.1) is 0 Å². The summed E-state index contributed by atoms with van der Waals surface area (Å²) in [5.74, 6) is 1.90. The van der Waals surface area contributed by atoms with E-state index >= 15 is 0 Å². The Kier molecular flexibility index (Phi) is 4.66. The molecule has 1 aromatic carbocycles. The number of ether oxygens (including phenoxy) is 1. The molecule has 1 saturated carbocycles.